The SMILES string of the molecule is COc1cccc(N2CCC(CN=C(N)N)C2)c1. The highest BCUT2D eigenvalue weighted by Gasteiger charge is 2.22. The lowest BCUT2D eigenvalue weighted by molar-refractivity contribution is 0.415. The maximum Gasteiger partial charge on any atom is 0.185 e. The summed E-state index contributed by atoms with van der Waals surface area (Å²) in [7, 11) is 1.69. The van der Waals surface area contributed by atoms with Gasteiger partial charge in [-0.1, -0.05) is 6.07 Å². The van der Waals surface area contributed by atoms with E-state index >= 15 is 0 Å². The molecule has 1 aromatic carbocycles. The van der Waals surface area contributed by atoms with Crippen LogP contribution in [0.4, 0.5) is 5.69 Å². The lowest BCUT2D eigenvalue weighted by Crippen LogP contribution is -2.25. The summed E-state index contributed by atoms with van der Waals surface area (Å²) in [6.07, 6.45) is 1.12. The lowest BCUT2D eigenvalue weighted by atomic mass is 10.1. The summed E-state index contributed by atoms with van der Waals surface area (Å²) in [6.45, 7) is 2.74. The molecule has 0 spiro atoms. The van der Waals surface area contributed by atoms with Crippen LogP contribution in [0, 0.1) is 5.92 Å². The van der Waals surface area contributed by atoms with Crippen LogP contribution in [0.15, 0.2) is 29.3 Å². The molecule has 1 aromatic rings. The fraction of sp³-hybridized carbons (Fsp3) is 0.462. The van der Waals surface area contributed by atoms with E-state index in [2.05, 4.69) is 22.0 Å². The number of benzene rings is 1. The van der Waals surface area contributed by atoms with Crippen LogP contribution in [0.5, 0.6) is 5.75 Å². The number of guanidine groups is 1. The second-order valence-corrected chi connectivity index (χ2v) is 4.57. The van der Waals surface area contributed by atoms with Crippen molar-refractivity contribution >= 4 is 11.6 Å². The summed E-state index contributed by atoms with van der Waals surface area (Å²) in [6, 6.07) is 8.13. The van der Waals surface area contributed by atoms with Crippen LogP contribution in [0.1, 0.15) is 6.42 Å². The standard InChI is InChI=1S/C13H20N4O/c1-18-12-4-2-3-11(7-12)17-6-5-10(9-17)8-16-13(14)15/h2-4,7,10H,5-6,8-9H2,1H3,(H4,14,15,16). The van der Waals surface area contributed by atoms with Gasteiger partial charge < -0.3 is 21.1 Å². The molecule has 0 radical (unpaired) electrons. The number of hydrogen-bond donors (Lipinski definition) is 2. The second kappa shape index (κ2) is 5.62. The van der Waals surface area contributed by atoms with Gasteiger partial charge in [-0.3, -0.25) is 4.99 Å². The molecule has 18 heavy (non-hydrogen) atoms. The third-order valence-corrected chi connectivity index (χ3v) is 3.24. The molecular weight excluding hydrogens is 228 g/mol. The van der Waals surface area contributed by atoms with Gasteiger partial charge in [0.15, 0.2) is 5.96 Å². The van der Waals surface area contributed by atoms with Gasteiger partial charge >= 0.3 is 0 Å². The van der Waals surface area contributed by atoms with Crippen LogP contribution < -0.4 is 21.1 Å². The molecule has 2 rings (SSSR count). The monoisotopic (exact) mass is 248 g/mol. The molecular formula is C13H20N4O. The summed E-state index contributed by atoms with van der Waals surface area (Å²) >= 11 is 0. The highest BCUT2D eigenvalue weighted by Crippen LogP contribution is 2.26. The Bertz CT molecular complexity index is 429. The Balaban J connectivity index is 1.97. The zero-order valence-electron chi connectivity index (χ0n) is 10.7. The summed E-state index contributed by atoms with van der Waals surface area (Å²) < 4.78 is 5.24. The van der Waals surface area contributed by atoms with E-state index in [4.69, 9.17) is 16.2 Å². The summed E-state index contributed by atoms with van der Waals surface area (Å²) in [5, 5.41) is 0. The summed E-state index contributed by atoms with van der Waals surface area (Å²) in [5.74, 6) is 1.59. The van der Waals surface area contributed by atoms with E-state index in [-0.39, 0.29) is 5.96 Å². The van der Waals surface area contributed by atoms with Crippen molar-refractivity contribution in [2.75, 3.05) is 31.6 Å². The van der Waals surface area contributed by atoms with Crippen molar-refractivity contribution < 1.29 is 4.74 Å². The molecule has 0 bridgehead atoms. The van der Waals surface area contributed by atoms with Crippen molar-refractivity contribution in [3.05, 3.63) is 24.3 Å². The van der Waals surface area contributed by atoms with Gasteiger partial charge in [-0.05, 0) is 24.5 Å². The van der Waals surface area contributed by atoms with E-state index in [1.807, 2.05) is 12.1 Å². The van der Waals surface area contributed by atoms with Gasteiger partial charge in [0.1, 0.15) is 5.75 Å². The molecule has 98 valence electrons. The first kappa shape index (κ1) is 12.5. The van der Waals surface area contributed by atoms with Gasteiger partial charge in [0.2, 0.25) is 0 Å². The normalized spacial score (nSPS) is 18.7. The van der Waals surface area contributed by atoms with Crippen LogP contribution in [-0.2, 0) is 0 Å². The maximum absolute atomic E-state index is 5.35. The quantitative estimate of drug-likeness (QED) is 0.610. The van der Waals surface area contributed by atoms with Crippen LogP contribution in [0.25, 0.3) is 0 Å². The molecule has 1 atom stereocenters. The lowest BCUT2D eigenvalue weighted by Gasteiger charge is -2.19. The van der Waals surface area contributed by atoms with Crippen LogP contribution in [0.2, 0.25) is 0 Å². The number of nitrogens with two attached hydrogens (primary N) is 2. The number of aliphatic imine (C=N–C) groups is 1. The third kappa shape index (κ3) is 3.06. The smallest absolute Gasteiger partial charge is 0.185 e. The van der Waals surface area contributed by atoms with Crippen molar-refractivity contribution in [1.82, 2.24) is 0 Å². The largest absolute Gasteiger partial charge is 0.497 e. The molecule has 0 aliphatic carbocycles. The minimum absolute atomic E-state index is 0.176. The van der Waals surface area contributed by atoms with Crippen molar-refractivity contribution in [1.29, 1.82) is 0 Å². The first-order valence-corrected chi connectivity index (χ1v) is 6.13. The van der Waals surface area contributed by atoms with Gasteiger partial charge in [0.05, 0.1) is 7.11 Å². The van der Waals surface area contributed by atoms with E-state index in [1.165, 1.54) is 5.69 Å². The number of anilines is 1. The molecule has 0 saturated carbocycles. The van der Waals surface area contributed by atoms with Crippen LogP contribution in [0.3, 0.4) is 0 Å². The van der Waals surface area contributed by atoms with Crippen molar-refractivity contribution in [3.8, 4) is 5.75 Å². The molecule has 1 aliphatic rings. The van der Waals surface area contributed by atoms with E-state index in [9.17, 15) is 0 Å². The number of hydrogen-bond acceptors (Lipinski definition) is 3. The predicted octanol–water partition coefficient (Wildman–Crippen LogP) is 0.795. The van der Waals surface area contributed by atoms with Crippen LogP contribution in [-0.4, -0.2) is 32.7 Å². The Kier molecular flexibility index (Phi) is 3.92. The molecule has 0 amide bonds. The van der Waals surface area contributed by atoms with E-state index in [0.29, 0.717) is 12.5 Å². The van der Waals surface area contributed by atoms with E-state index in [0.717, 1.165) is 25.3 Å². The number of methoxy groups -OCH3 is 1. The fourth-order valence-corrected chi connectivity index (χ4v) is 2.26. The number of nitrogens with zero attached hydrogens (tertiary/aromatic N) is 2. The Morgan fingerprint density at radius 1 is 1.50 bits per heavy atom. The van der Waals surface area contributed by atoms with E-state index in [1.54, 1.807) is 7.11 Å². The zero-order chi connectivity index (χ0) is 13.0. The Morgan fingerprint density at radius 3 is 3.06 bits per heavy atom. The Hall–Kier alpha value is -1.91. The third-order valence-electron chi connectivity index (χ3n) is 3.24. The Labute approximate surface area is 107 Å². The van der Waals surface area contributed by atoms with Crippen LogP contribution >= 0.6 is 0 Å². The molecule has 5 heteroatoms. The zero-order valence-corrected chi connectivity index (χ0v) is 10.7. The minimum Gasteiger partial charge on any atom is -0.497 e. The minimum atomic E-state index is 0.176. The van der Waals surface area contributed by atoms with Gasteiger partial charge in [0.25, 0.3) is 0 Å². The molecule has 0 aromatic heterocycles. The predicted molar refractivity (Wildman–Crippen MR) is 74.0 cm³/mol. The molecule has 4 N–H and O–H groups in total. The number of rotatable bonds is 4. The van der Waals surface area contributed by atoms with Gasteiger partial charge in [-0.25, -0.2) is 0 Å². The molecule has 1 heterocycles. The molecule has 5 nitrogen and oxygen atoms in total. The maximum atomic E-state index is 5.35. The van der Waals surface area contributed by atoms with Gasteiger partial charge in [-0.15, -0.1) is 0 Å². The van der Waals surface area contributed by atoms with Crippen molar-refractivity contribution in [2.24, 2.45) is 22.4 Å². The fourth-order valence-electron chi connectivity index (χ4n) is 2.26. The topological polar surface area (TPSA) is 76.9 Å². The summed E-state index contributed by atoms with van der Waals surface area (Å²) in [4.78, 5) is 6.43. The highest BCUT2D eigenvalue weighted by atomic mass is 16.5. The molecule has 1 fully saturated rings. The van der Waals surface area contributed by atoms with Gasteiger partial charge in [0, 0.05) is 31.4 Å². The van der Waals surface area contributed by atoms with Crippen molar-refractivity contribution in [3.63, 3.8) is 0 Å². The highest BCUT2D eigenvalue weighted by molar-refractivity contribution is 5.75. The average molecular weight is 248 g/mol. The Morgan fingerprint density at radius 2 is 2.33 bits per heavy atom. The molecule has 1 aliphatic heterocycles. The second-order valence-electron chi connectivity index (χ2n) is 4.57. The number of ether oxygens (including phenoxy) is 1. The average Bonchev–Trinajstić information content (AvgIpc) is 2.85. The first-order chi connectivity index (χ1) is 8.69. The van der Waals surface area contributed by atoms with E-state index < -0.39 is 0 Å². The first-order valence-electron chi connectivity index (χ1n) is 6.13. The molecule has 1 saturated heterocycles. The van der Waals surface area contributed by atoms with Crippen molar-refractivity contribution in [2.45, 2.75) is 6.42 Å². The van der Waals surface area contributed by atoms with Gasteiger partial charge in [-0.2, -0.15) is 0 Å². The summed E-state index contributed by atoms with van der Waals surface area (Å²) in [5.41, 5.74) is 11.9. The molecule has 1 unspecified atom stereocenters.